The van der Waals surface area contributed by atoms with E-state index in [1.54, 1.807) is 0 Å². The molecule has 0 aliphatic rings. The molecular weight excluding hydrogens is 362 g/mol. The second-order valence-electron chi connectivity index (χ2n) is 5.51. The van der Waals surface area contributed by atoms with Crippen LogP contribution in [0.4, 0.5) is 4.79 Å². The molecule has 0 heterocycles. The Morgan fingerprint density at radius 1 is 0.920 bits per heavy atom. The van der Waals surface area contributed by atoms with Crippen molar-refractivity contribution in [3.05, 3.63) is 71.8 Å². The van der Waals surface area contributed by atoms with Gasteiger partial charge in [0.05, 0.1) is 5.75 Å². The third-order valence-corrected chi connectivity index (χ3v) is 4.71. The van der Waals surface area contributed by atoms with E-state index in [9.17, 15) is 13.2 Å². The lowest BCUT2D eigenvalue weighted by molar-refractivity contribution is 0.0986. The summed E-state index contributed by atoms with van der Waals surface area (Å²) in [5.74, 6) is -0.316. The lowest BCUT2D eigenvalue weighted by Gasteiger charge is -2.21. The summed E-state index contributed by atoms with van der Waals surface area (Å²) in [6.45, 7) is 0.478. The molecule has 0 atom stereocenters. The highest BCUT2D eigenvalue weighted by Gasteiger charge is 2.18. The van der Waals surface area contributed by atoms with Crippen molar-refractivity contribution in [2.45, 2.75) is 13.0 Å². The fourth-order valence-electron chi connectivity index (χ4n) is 2.23. The number of benzene rings is 2. The summed E-state index contributed by atoms with van der Waals surface area (Å²) < 4.78 is 27.7. The Bertz CT molecular complexity index is 766. The van der Waals surface area contributed by atoms with E-state index in [1.165, 1.54) is 4.90 Å². The minimum absolute atomic E-state index is 0.00765. The molecule has 0 fully saturated rings. The molecule has 0 bridgehead atoms. The van der Waals surface area contributed by atoms with Gasteiger partial charge in [-0.25, -0.2) is 13.2 Å². The van der Waals surface area contributed by atoms with Crippen LogP contribution in [0.5, 0.6) is 0 Å². The van der Waals surface area contributed by atoms with Crippen molar-refractivity contribution in [1.29, 1.82) is 0 Å². The van der Waals surface area contributed by atoms with Gasteiger partial charge in [0.1, 0.15) is 6.61 Å². The van der Waals surface area contributed by atoms with Crippen LogP contribution in [0.1, 0.15) is 11.1 Å². The van der Waals surface area contributed by atoms with Gasteiger partial charge in [-0.3, -0.25) is 0 Å². The summed E-state index contributed by atoms with van der Waals surface area (Å²) >= 11 is 0. The Morgan fingerprint density at radius 3 is 2.04 bits per heavy atom. The van der Waals surface area contributed by atoms with Gasteiger partial charge < -0.3 is 9.64 Å². The van der Waals surface area contributed by atoms with Crippen LogP contribution in [0.25, 0.3) is 0 Å². The van der Waals surface area contributed by atoms with Crippen molar-refractivity contribution in [3.8, 4) is 0 Å². The maximum Gasteiger partial charge on any atom is 0.410 e. The van der Waals surface area contributed by atoms with E-state index in [1.807, 2.05) is 60.7 Å². The van der Waals surface area contributed by atoms with E-state index in [2.05, 4.69) is 0 Å². The van der Waals surface area contributed by atoms with E-state index < -0.39 is 15.1 Å². The van der Waals surface area contributed by atoms with Crippen LogP contribution >= 0.6 is 10.7 Å². The lowest BCUT2D eigenvalue weighted by Crippen LogP contribution is -2.36. The molecule has 134 valence electrons. The molecule has 2 rings (SSSR count). The maximum atomic E-state index is 12.3. The average Bonchev–Trinajstić information content (AvgIpc) is 2.60. The van der Waals surface area contributed by atoms with Crippen LogP contribution in [0.3, 0.4) is 0 Å². The second-order valence-corrected chi connectivity index (χ2v) is 8.40. The standard InChI is InChI=1S/C18H20ClNO4S/c19-25(22,23)14-13-20(12-11-16-7-3-1-4-8-16)18(21)24-15-17-9-5-2-6-10-17/h1-10H,11-15H2. The van der Waals surface area contributed by atoms with Gasteiger partial charge in [0.25, 0.3) is 0 Å². The monoisotopic (exact) mass is 381 g/mol. The molecule has 0 unspecified atom stereocenters. The summed E-state index contributed by atoms with van der Waals surface area (Å²) in [4.78, 5) is 13.7. The molecule has 25 heavy (non-hydrogen) atoms. The summed E-state index contributed by atoms with van der Waals surface area (Å²) in [7, 11) is 1.59. The van der Waals surface area contributed by atoms with Crippen molar-refractivity contribution in [1.82, 2.24) is 4.90 Å². The molecule has 0 aliphatic carbocycles. The van der Waals surface area contributed by atoms with Crippen molar-refractivity contribution >= 4 is 25.8 Å². The first kappa shape index (κ1) is 19.3. The van der Waals surface area contributed by atoms with E-state index in [0.29, 0.717) is 13.0 Å². The highest BCUT2D eigenvalue weighted by Crippen LogP contribution is 2.07. The molecule has 2 aromatic carbocycles. The minimum Gasteiger partial charge on any atom is -0.445 e. The third-order valence-electron chi connectivity index (χ3n) is 3.58. The summed E-state index contributed by atoms with van der Waals surface area (Å²) in [6.07, 6.45) is 0.0453. The largest absolute Gasteiger partial charge is 0.445 e. The molecule has 2 aromatic rings. The molecule has 1 amide bonds. The van der Waals surface area contributed by atoms with Gasteiger partial charge in [-0.1, -0.05) is 60.7 Å². The normalized spacial score (nSPS) is 11.1. The molecule has 0 aliphatic heterocycles. The zero-order valence-corrected chi connectivity index (χ0v) is 15.2. The third kappa shape index (κ3) is 7.58. The molecule has 0 saturated carbocycles. The fourth-order valence-corrected chi connectivity index (χ4v) is 2.88. The van der Waals surface area contributed by atoms with Gasteiger partial charge in [0.15, 0.2) is 0 Å². The van der Waals surface area contributed by atoms with E-state index in [0.717, 1.165) is 11.1 Å². The van der Waals surface area contributed by atoms with E-state index >= 15 is 0 Å². The molecule has 0 spiro atoms. The Balaban J connectivity index is 1.95. The SMILES string of the molecule is O=C(OCc1ccccc1)N(CCc1ccccc1)CCS(=O)(=O)Cl. The van der Waals surface area contributed by atoms with E-state index in [4.69, 9.17) is 15.4 Å². The molecule has 5 nitrogen and oxygen atoms in total. The first-order chi connectivity index (χ1) is 11.9. The number of carbonyl (C=O) groups excluding carboxylic acids is 1. The number of hydrogen-bond acceptors (Lipinski definition) is 4. The van der Waals surface area contributed by atoms with Crippen LogP contribution in [-0.2, 0) is 26.8 Å². The molecular formula is C18H20ClNO4S. The van der Waals surface area contributed by atoms with Crippen molar-refractivity contribution in [2.24, 2.45) is 0 Å². The van der Waals surface area contributed by atoms with Crippen LogP contribution in [0.15, 0.2) is 60.7 Å². The van der Waals surface area contributed by atoms with Crippen LogP contribution in [-0.4, -0.2) is 38.3 Å². The van der Waals surface area contributed by atoms with Crippen LogP contribution in [0, 0.1) is 0 Å². The van der Waals surface area contributed by atoms with Gasteiger partial charge in [-0.15, -0.1) is 0 Å². The molecule has 7 heteroatoms. The van der Waals surface area contributed by atoms with Crippen molar-refractivity contribution in [2.75, 3.05) is 18.8 Å². The second kappa shape index (κ2) is 9.44. The maximum absolute atomic E-state index is 12.3. The summed E-state index contributed by atoms with van der Waals surface area (Å²) in [5, 5.41) is 0. The Labute approximate surface area is 152 Å². The summed E-state index contributed by atoms with van der Waals surface area (Å²) in [6, 6.07) is 18.9. The van der Waals surface area contributed by atoms with Gasteiger partial charge in [0.2, 0.25) is 9.05 Å². The predicted octanol–water partition coefficient (Wildman–Crippen LogP) is 3.44. The summed E-state index contributed by atoms with van der Waals surface area (Å²) in [5.41, 5.74) is 1.92. The number of ether oxygens (including phenoxy) is 1. The minimum atomic E-state index is -3.68. The first-order valence-electron chi connectivity index (χ1n) is 7.86. The highest BCUT2D eigenvalue weighted by molar-refractivity contribution is 8.13. The number of carbonyl (C=O) groups is 1. The number of rotatable bonds is 8. The lowest BCUT2D eigenvalue weighted by atomic mass is 10.1. The number of hydrogen-bond donors (Lipinski definition) is 0. The average molecular weight is 382 g/mol. The smallest absolute Gasteiger partial charge is 0.410 e. The molecule has 0 N–H and O–H groups in total. The molecule has 0 saturated heterocycles. The van der Waals surface area contributed by atoms with Crippen molar-refractivity contribution < 1.29 is 17.9 Å². The number of nitrogens with zero attached hydrogens (tertiary/aromatic N) is 1. The Kier molecular flexibility index (Phi) is 7.28. The highest BCUT2D eigenvalue weighted by atomic mass is 35.7. The zero-order valence-electron chi connectivity index (χ0n) is 13.7. The Morgan fingerprint density at radius 2 is 1.48 bits per heavy atom. The van der Waals surface area contributed by atoms with Gasteiger partial charge in [-0.2, -0.15) is 0 Å². The topological polar surface area (TPSA) is 63.7 Å². The predicted molar refractivity (Wildman–Crippen MR) is 98.0 cm³/mol. The number of amides is 1. The molecule has 0 radical (unpaired) electrons. The van der Waals surface area contributed by atoms with Gasteiger partial charge >= 0.3 is 6.09 Å². The van der Waals surface area contributed by atoms with E-state index in [-0.39, 0.29) is 18.9 Å². The van der Waals surface area contributed by atoms with Crippen LogP contribution < -0.4 is 0 Å². The Hall–Kier alpha value is -2.05. The van der Waals surface area contributed by atoms with Crippen LogP contribution in [0.2, 0.25) is 0 Å². The first-order valence-corrected chi connectivity index (χ1v) is 10.3. The van der Waals surface area contributed by atoms with Gasteiger partial charge in [0, 0.05) is 23.8 Å². The zero-order chi connectivity index (χ0) is 18.1. The quantitative estimate of drug-likeness (QED) is 0.657. The number of halogens is 1. The van der Waals surface area contributed by atoms with Crippen molar-refractivity contribution in [3.63, 3.8) is 0 Å². The molecule has 0 aromatic heterocycles. The van der Waals surface area contributed by atoms with Gasteiger partial charge in [-0.05, 0) is 17.5 Å². The fraction of sp³-hybridized carbons (Fsp3) is 0.278.